The Balaban J connectivity index is 1.46. The fraction of sp³-hybridized carbons (Fsp3) is 0.294. The predicted octanol–water partition coefficient (Wildman–Crippen LogP) is 4.09. The average Bonchev–Trinajstić information content (AvgIpc) is 3.31. The zero-order valence-electron chi connectivity index (χ0n) is 13.9. The zero-order chi connectivity index (χ0) is 17.2. The molecule has 0 spiro atoms. The molecule has 0 aliphatic rings. The first kappa shape index (κ1) is 15.9. The molecule has 1 N–H and O–H groups in total. The number of rotatable bonds is 6. The number of thioether (sulfide) groups is 1. The van der Waals surface area contributed by atoms with E-state index in [0.717, 1.165) is 28.7 Å². The van der Waals surface area contributed by atoms with Gasteiger partial charge in [-0.15, -0.1) is 10.2 Å². The number of nitrogens with one attached hydrogen (secondary N) is 1. The lowest BCUT2D eigenvalue weighted by atomic mass is 10.1. The minimum atomic E-state index is 0.476. The molecule has 0 fully saturated rings. The summed E-state index contributed by atoms with van der Waals surface area (Å²) in [5.41, 5.74) is 1.93. The highest BCUT2D eigenvalue weighted by Gasteiger charge is 2.15. The molecular formula is C17H17N5O2S. The largest absolute Gasteiger partial charge is 0.411 e. The quantitative estimate of drug-likeness (QED) is 0.521. The normalized spacial score (nSPS) is 11.6. The Bertz CT molecular complexity index is 988. The van der Waals surface area contributed by atoms with Crippen LogP contribution in [0.2, 0.25) is 0 Å². The van der Waals surface area contributed by atoms with Crippen molar-refractivity contribution in [3.05, 3.63) is 42.2 Å². The molecule has 25 heavy (non-hydrogen) atoms. The van der Waals surface area contributed by atoms with Crippen molar-refractivity contribution in [3.8, 4) is 11.5 Å². The van der Waals surface area contributed by atoms with Crippen LogP contribution in [0.15, 0.2) is 44.6 Å². The Hall–Kier alpha value is -2.61. The highest BCUT2D eigenvalue weighted by atomic mass is 32.2. The first-order valence-corrected chi connectivity index (χ1v) is 9.02. The molecule has 3 heterocycles. The molecule has 0 aliphatic carbocycles. The van der Waals surface area contributed by atoms with E-state index in [-0.39, 0.29) is 0 Å². The summed E-state index contributed by atoms with van der Waals surface area (Å²) in [5, 5.41) is 13.7. The van der Waals surface area contributed by atoms with Crippen LogP contribution >= 0.6 is 11.8 Å². The molecule has 0 atom stereocenters. The van der Waals surface area contributed by atoms with Crippen LogP contribution in [0.1, 0.15) is 25.6 Å². The first-order valence-electron chi connectivity index (χ1n) is 8.03. The summed E-state index contributed by atoms with van der Waals surface area (Å²) in [6, 6.07) is 7.99. The van der Waals surface area contributed by atoms with E-state index >= 15 is 0 Å². The van der Waals surface area contributed by atoms with Gasteiger partial charge in [-0.1, -0.05) is 49.0 Å². The number of aromatic nitrogens is 5. The molecule has 0 amide bonds. The van der Waals surface area contributed by atoms with Crippen LogP contribution in [-0.4, -0.2) is 25.3 Å². The van der Waals surface area contributed by atoms with Gasteiger partial charge in [0.25, 0.3) is 11.1 Å². The third kappa shape index (κ3) is 3.43. The number of hydrogen-bond donors (Lipinski definition) is 1. The number of fused-ring (bicyclic) bond motifs is 1. The van der Waals surface area contributed by atoms with Crippen molar-refractivity contribution < 1.29 is 8.94 Å². The highest BCUT2D eigenvalue weighted by Crippen LogP contribution is 2.30. The van der Waals surface area contributed by atoms with Crippen molar-refractivity contribution in [1.29, 1.82) is 0 Å². The van der Waals surface area contributed by atoms with E-state index in [4.69, 9.17) is 8.94 Å². The molecule has 3 aromatic heterocycles. The lowest BCUT2D eigenvalue weighted by Gasteiger charge is -1.96. The van der Waals surface area contributed by atoms with E-state index in [1.807, 2.05) is 30.5 Å². The number of benzene rings is 1. The van der Waals surface area contributed by atoms with Gasteiger partial charge in [0.2, 0.25) is 5.89 Å². The van der Waals surface area contributed by atoms with E-state index in [0.29, 0.717) is 28.7 Å². The molecule has 8 heteroatoms. The van der Waals surface area contributed by atoms with Gasteiger partial charge in [-0.3, -0.25) is 0 Å². The van der Waals surface area contributed by atoms with Gasteiger partial charge >= 0.3 is 0 Å². The lowest BCUT2D eigenvalue weighted by Crippen LogP contribution is -1.96. The van der Waals surface area contributed by atoms with Gasteiger partial charge in [0.05, 0.1) is 11.3 Å². The fourth-order valence-electron chi connectivity index (χ4n) is 2.55. The van der Waals surface area contributed by atoms with Crippen molar-refractivity contribution in [2.45, 2.75) is 31.2 Å². The van der Waals surface area contributed by atoms with Gasteiger partial charge < -0.3 is 13.9 Å². The maximum absolute atomic E-state index is 5.76. The Morgan fingerprint density at radius 1 is 1.20 bits per heavy atom. The van der Waals surface area contributed by atoms with Gasteiger partial charge in [0.1, 0.15) is 0 Å². The van der Waals surface area contributed by atoms with Crippen molar-refractivity contribution >= 4 is 22.7 Å². The molecule has 0 saturated heterocycles. The van der Waals surface area contributed by atoms with E-state index in [1.54, 1.807) is 0 Å². The zero-order valence-corrected chi connectivity index (χ0v) is 14.7. The number of aromatic amines is 1. The molecule has 0 bridgehead atoms. The van der Waals surface area contributed by atoms with E-state index in [1.165, 1.54) is 11.8 Å². The van der Waals surface area contributed by atoms with Crippen LogP contribution in [0.25, 0.3) is 22.4 Å². The summed E-state index contributed by atoms with van der Waals surface area (Å²) in [4.78, 5) is 7.57. The molecule has 128 valence electrons. The molecular weight excluding hydrogens is 338 g/mol. The molecule has 4 aromatic rings. The van der Waals surface area contributed by atoms with Crippen molar-refractivity contribution in [3.63, 3.8) is 0 Å². The lowest BCUT2D eigenvalue weighted by molar-refractivity contribution is 0.381. The van der Waals surface area contributed by atoms with Crippen LogP contribution in [0.5, 0.6) is 0 Å². The van der Waals surface area contributed by atoms with Gasteiger partial charge in [-0.25, -0.2) is 0 Å². The first-order chi connectivity index (χ1) is 12.2. The predicted molar refractivity (Wildman–Crippen MR) is 94.0 cm³/mol. The van der Waals surface area contributed by atoms with Crippen LogP contribution < -0.4 is 0 Å². The summed E-state index contributed by atoms with van der Waals surface area (Å²) in [7, 11) is 0. The minimum Gasteiger partial charge on any atom is -0.411 e. The van der Waals surface area contributed by atoms with E-state index < -0.39 is 0 Å². The maximum Gasteiger partial charge on any atom is 0.277 e. The molecule has 7 nitrogen and oxygen atoms in total. The molecule has 0 saturated carbocycles. The Kier molecular flexibility index (Phi) is 4.27. The highest BCUT2D eigenvalue weighted by molar-refractivity contribution is 7.98. The Morgan fingerprint density at radius 3 is 2.96 bits per heavy atom. The second kappa shape index (κ2) is 6.72. The third-order valence-electron chi connectivity index (χ3n) is 3.65. The standard InChI is InChI=1S/C17H17N5O2S/c1-10(2)7-14-19-15(24-22-14)9-25-17-21-20-16(23-17)12-8-18-13-6-4-3-5-11(12)13/h3-6,8,10,18H,7,9H2,1-2H3. The smallest absolute Gasteiger partial charge is 0.277 e. The Labute approximate surface area is 148 Å². The van der Waals surface area contributed by atoms with Crippen LogP contribution in [0.3, 0.4) is 0 Å². The second-order valence-corrected chi connectivity index (χ2v) is 7.04. The monoisotopic (exact) mass is 355 g/mol. The molecule has 4 rings (SSSR count). The van der Waals surface area contributed by atoms with Crippen molar-refractivity contribution in [1.82, 2.24) is 25.3 Å². The Morgan fingerprint density at radius 2 is 2.08 bits per heavy atom. The molecule has 1 aromatic carbocycles. The summed E-state index contributed by atoms with van der Waals surface area (Å²) < 4.78 is 11.0. The van der Waals surface area contributed by atoms with Crippen LogP contribution in [0, 0.1) is 5.92 Å². The van der Waals surface area contributed by atoms with Crippen molar-refractivity contribution in [2.24, 2.45) is 5.92 Å². The number of nitrogens with zero attached hydrogens (tertiary/aromatic N) is 4. The summed E-state index contributed by atoms with van der Waals surface area (Å²) in [6.07, 6.45) is 2.68. The summed E-state index contributed by atoms with van der Waals surface area (Å²) >= 11 is 1.38. The number of hydrogen-bond acceptors (Lipinski definition) is 7. The molecule has 0 aliphatic heterocycles. The topological polar surface area (TPSA) is 93.6 Å². The second-order valence-electron chi connectivity index (χ2n) is 6.11. The molecule has 0 radical (unpaired) electrons. The number of para-hydroxylation sites is 1. The van der Waals surface area contributed by atoms with Crippen LogP contribution in [0.4, 0.5) is 0 Å². The number of H-pyrrole nitrogens is 1. The van der Waals surface area contributed by atoms with Gasteiger partial charge in [-0.05, 0) is 12.0 Å². The molecule has 0 unspecified atom stereocenters. The summed E-state index contributed by atoms with van der Waals surface area (Å²) in [6.45, 7) is 4.24. The maximum atomic E-state index is 5.76. The van der Waals surface area contributed by atoms with Gasteiger partial charge in [0, 0.05) is 23.5 Å². The summed E-state index contributed by atoms with van der Waals surface area (Å²) in [5.74, 6) is 2.78. The average molecular weight is 355 g/mol. The van der Waals surface area contributed by atoms with Crippen LogP contribution in [-0.2, 0) is 12.2 Å². The van der Waals surface area contributed by atoms with Gasteiger partial charge in [-0.2, -0.15) is 4.98 Å². The fourth-order valence-corrected chi connectivity index (χ4v) is 3.15. The third-order valence-corrected chi connectivity index (χ3v) is 4.45. The van der Waals surface area contributed by atoms with E-state index in [9.17, 15) is 0 Å². The minimum absolute atomic E-state index is 0.476. The SMILES string of the molecule is CC(C)Cc1noc(CSc2nnc(-c3c[nH]c4ccccc34)o2)n1. The van der Waals surface area contributed by atoms with Gasteiger partial charge in [0.15, 0.2) is 5.82 Å². The van der Waals surface area contributed by atoms with E-state index in [2.05, 4.69) is 39.2 Å². The van der Waals surface area contributed by atoms with Crippen molar-refractivity contribution in [2.75, 3.05) is 0 Å².